The van der Waals surface area contributed by atoms with Crippen LogP contribution in [0.2, 0.25) is 0 Å². The highest BCUT2D eigenvalue weighted by atomic mass is 79.9. The molecule has 1 saturated heterocycles. The summed E-state index contributed by atoms with van der Waals surface area (Å²) in [5.41, 5.74) is 2.26. The highest BCUT2D eigenvalue weighted by Gasteiger charge is 2.31. The molecule has 1 aliphatic rings. The van der Waals surface area contributed by atoms with Crippen molar-refractivity contribution in [1.82, 2.24) is 5.32 Å². The predicted octanol–water partition coefficient (Wildman–Crippen LogP) is 2.57. The van der Waals surface area contributed by atoms with Gasteiger partial charge in [-0.2, -0.15) is 0 Å². The number of sulfone groups is 1. The Morgan fingerprint density at radius 1 is 1.43 bits per heavy atom. The van der Waals surface area contributed by atoms with Crippen molar-refractivity contribution in [2.24, 2.45) is 0 Å². The Labute approximate surface area is 136 Å². The molecule has 6 heteroatoms. The molecule has 0 amide bonds. The number of nitrogens with one attached hydrogen (secondary N) is 1. The number of rotatable bonds is 5. The molecule has 4 nitrogen and oxygen atoms in total. The summed E-state index contributed by atoms with van der Waals surface area (Å²) in [5.74, 6) is 0.558. The minimum Gasteiger partial charge on any atom is -0.370 e. The summed E-state index contributed by atoms with van der Waals surface area (Å²) in [6, 6.07) is 6.78. The van der Waals surface area contributed by atoms with Gasteiger partial charge in [0.1, 0.15) is 0 Å². The maximum absolute atomic E-state index is 11.6. The Morgan fingerprint density at radius 2 is 2.14 bits per heavy atom. The molecule has 0 aliphatic carbocycles. The second-order valence-electron chi connectivity index (χ2n) is 5.99. The summed E-state index contributed by atoms with van der Waals surface area (Å²) in [6.07, 6.45) is 0.710. The largest absolute Gasteiger partial charge is 0.370 e. The first kappa shape index (κ1) is 16.8. The van der Waals surface area contributed by atoms with Crippen LogP contribution in [0.5, 0.6) is 0 Å². The van der Waals surface area contributed by atoms with E-state index in [2.05, 4.69) is 58.2 Å². The van der Waals surface area contributed by atoms with Crippen LogP contribution >= 0.6 is 15.9 Å². The third-order valence-electron chi connectivity index (χ3n) is 3.86. The number of hydrogen-bond acceptors (Lipinski definition) is 4. The second kappa shape index (κ2) is 6.67. The molecule has 1 N–H and O–H groups in total. The molecule has 0 bridgehead atoms. The van der Waals surface area contributed by atoms with E-state index >= 15 is 0 Å². The summed E-state index contributed by atoms with van der Waals surface area (Å²) >= 11 is 3.61. The summed E-state index contributed by atoms with van der Waals surface area (Å²) in [6.45, 7) is 5.08. The predicted molar refractivity (Wildman–Crippen MR) is 91.6 cm³/mol. The Balaban J connectivity index is 2.10. The van der Waals surface area contributed by atoms with E-state index in [0.717, 1.165) is 16.7 Å². The number of benzene rings is 1. The molecule has 1 unspecified atom stereocenters. The summed E-state index contributed by atoms with van der Waals surface area (Å²) in [5, 5.41) is 3.39. The van der Waals surface area contributed by atoms with E-state index in [1.54, 1.807) is 0 Å². The molecule has 0 spiro atoms. The van der Waals surface area contributed by atoms with E-state index in [-0.39, 0.29) is 11.8 Å². The van der Waals surface area contributed by atoms with Crippen LogP contribution in [-0.4, -0.2) is 39.1 Å². The van der Waals surface area contributed by atoms with Crippen molar-refractivity contribution >= 4 is 31.5 Å². The van der Waals surface area contributed by atoms with Crippen molar-refractivity contribution in [3.8, 4) is 0 Å². The molecule has 1 aliphatic heterocycles. The SMILES string of the molecule is CC(C)NCc1ccc(N(C)C2CCS(=O)(=O)C2)c(Br)c1. The first-order chi connectivity index (χ1) is 9.78. The molecule has 1 atom stereocenters. The van der Waals surface area contributed by atoms with E-state index in [9.17, 15) is 8.42 Å². The minimum atomic E-state index is -2.85. The van der Waals surface area contributed by atoms with Crippen molar-refractivity contribution in [3.05, 3.63) is 28.2 Å². The van der Waals surface area contributed by atoms with Crippen LogP contribution in [0.3, 0.4) is 0 Å². The maximum atomic E-state index is 11.6. The molecule has 1 fully saturated rings. The van der Waals surface area contributed by atoms with Crippen molar-refractivity contribution in [1.29, 1.82) is 0 Å². The lowest BCUT2D eigenvalue weighted by Crippen LogP contribution is -2.32. The molecule has 1 heterocycles. The van der Waals surface area contributed by atoms with Gasteiger partial charge >= 0.3 is 0 Å². The fourth-order valence-electron chi connectivity index (χ4n) is 2.55. The summed E-state index contributed by atoms with van der Waals surface area (Å²) in [7, 11) is -0.885. The van der Waals surface area contributed by atoms with Gasteiger partial charge in [-0.05, 0) is 40.0 Å². The zero-order valence-corrected chi connectivity index (χ0v) is 15.2. The smallest absolute Gasteiger partial charge is 0.152 e. The second-order valence-corrected chi connectivity index (χ2v) is 9.07. The van der Waals surface area contributed by atoms with Crippen molar-refractivity contribution < 1.29 is 8.42 Å². The van der Waals surface area contributed by atoms with Gasteiger partial charge in [0.2, 0.25) is 0 Å². The van der Waals surface area contributed by atoms with Gasteiger partial charge in [0, 0.05) is 30.1 Å². The monoisotopic (exact) mass is 374 g/mol. The van der Waals surface area contributed by atoms with E-state index < -0.39 is 9.84 Å². The van der Waals surface area contributed by atoms with Crippen LogP contribution in [0.4, 0.5) is 5.69 Å². The lowest BCUT2D eigenvalue weighted by Gasteiger charge is -2.27. The fourth-order valence-corrected chi connectivity index (χ4v) is 5.03. The van der Waals surface area contributed by atoms with E-state index in [4.69, 9.17) is 0 Å². The zero-order valence-electron chi connectivity index (χ0n) is 12.8. The summed E-state index contributed by atoms with van der Waals surface area (Å²) in [4.78, 5) is 2.08. The van der Waals surface area contributed by atoms with Crippen LogP contribution in [0.25, 0.3) is 0 Å². The van der Waals surface area contributed by atoms with Crippen LogP contribution in [-0.2, 0) is 16.4 Å². The van der Waals surface area contributed by atoms with Gasteiger partial charge in [-0.3, -0.25) is 0 Å². The molecule has 21 heavy (non-hydrogen) atoms. The Hall–Kier alpha value is -0.590. The van der Waals surface area contributed by atoms with Gasteiger partial charge in [0.25, 0.3) is 0 Å². The lowest BCUT2D eigenvalue weighted by atomic mass is 10.1. The first-order valence-corrected chi connectivity index (χ1v) is 9.85. The van der Waals surface area contributed by atoms with E-state index in [0.29, 0.717) is 18.2 Å². The molecule has 0 radical (unpaired) electrons. The highest BCUT2D eigenvalue weighted by molar-refractivity contribution is 9.10. The van der Waals surface area contributed by atoms with Crippen molar-refractivity contribution in [2.45, 2.75) is 38.9 Å². The normalized spacial score (nSPS) is 20.9. The van der Waals surface area contributed by atoms with Crippen LogP contribution in [0, 0.1) is 0 Å². The molecule has 1 aromatic carbocycles. The molecule has 0 saturated carbocycles. The lowest BCUT2D eigenvalue weighted by molar-refractivity contribution is 0.588. The van der Waals surface area contributed by atoms with Crippen molar-refractivity contribution in [2.75, 3.05) is 23.5 Å². The highest BCUT2D eigenvalue weighted by Crippen LogP contribution is 2.30. The van der Waals surface area contributed by atoms with E-state index in [1.807, 2.05) is 7.05 Å². The topological polar surface area (TPSA) is 49.4 Å². The third kappa shape index (κ3) is 4.44. The number of anilines is 1. The quantitative estimate of drug-likeness (QED) is 0.860. The van der Waals surface area contributed by atoms with Crippen LogP contribution in [0.1, 0.15) is 25.8 Å². The van der Waals surface area contributed by atoms with Crippen LogP contribution in [0.15, 0.2) is 22.7 Å². The maximum Gasteiger partial charge on any atom is 0.152 e. The minimum absolute atomic E-state index is 0.0749. The number of halogens is 1. The molecular formula is C15H23BrN2O2S. The molecule has 0 aromatic heterocycles. The van der Waals surface area contributed by atoms with Gasteiger partial charge in [-0.25, -0.2) is 8.42 Å². The van der Waals surface area contributed by atoms with Gasteiger partial charge in [-0.1, -0.05) is 19.9 Å². The Kier molecular flexibility index (Phi) is 5.33. The Bertz CT molecular complexity index is 602. The molecule has 2 rings (SSSR count). The van der Waals surface area contributed by atoms with Gasteiger partial charge in [0.15, 0.2) is 9.84 Å². The van der Waals surface area contributed by atoms with Gasteiger partial charge in [0.05, 0.1) is 17.2 Å². The third-order valence-corrected chi connectivity index (χ3v) is 6.25. The fraction of sp³-hybridized carbons (Fsp3) is 0.600. The molecular weight excluding hydrogens is 352 g/mol. The zero-order chi connectivity index (χ0) is 15.6. The Morgan fingerprint density at radius 3 is 2.67 bits per heavy atom. The molecule has 1 aromatic rings. The number of hydrogen-bond donors (Lipinski definition) is 1. The van der Waals surface area contributed by atoms with Crippen LogP contribution < -0.4 is 10.2 Å². The van der Waals surface area contributed by atoms with E-state index in [1.165, 1.54) is 5.56 Å². The van der Waals surface area contributed by atoms with Gasteiger partial charge in [-0.15, -0.1) is 0 Å². The molecule has 118 valence electrons. The van der Waals surface area contributed by atoms with Gasteiger partial charge < -0.3 is 10.2 Å². The summed E-state index contributed by atoms with van der Waals surface area (Å²) < 4.78 is 24.2. The standard InChI is InChI=1S/C15H23BrN2O2S/c1-11(2)17-9-12-4-5-15(14(16)8-12)18(3)13-6-7-21(19,20)10-13/h4-5,8,11,13,17H,6-7,9-10H2,1-3H3. The average molecular weight is 375 g/mol. The number of nitrogens with zero attached hydrogens (tertiary/aromatic N) is 1. The first-order valence-electron chi connectivity index (χ1n) is 7.23. The average Bonchev–Trinajstić information content (AvgIpc) is 2.76. The van der Waals surface area contributed by atoms with Crippen molar-refractivity contribution in [3.63, 3.8) is 0 Å².